The summed E-state index contributed by atoms with van der Waals surface area (Å²) in [5.41, 5.74) is -0.245. The molecule has 0 aliphatic heterocycles. The number of nitriles is 2. The van der Waals surface area contributed by atoms with Crippen molar-refractivity contribution in [3.8, 4) is 23.6 Å². The Hall–Kier alpha value is -3.01. The average Bonchev–Trinajstić information content (AvgIpc) is 2.84. The Balaban J connectivity index is 2.16. The van der Waals surface area contributed by atoms with E-state index >= 15 is 0 Å². The highest BCUT2D eigenvalue weighted by Gasteiger charge is 2.50. The molecular weight excluding hydrogens is 378 g/mol. The van der Waals surface area contributed by atoms with Crippen molar-refractivity contribution in [3.63, 3.8) is 0 Å². The lowest BCUT2D eigenvalue weighted by Crippen LogP contribution is -2.22. The molecule has 0 spiro atoms. The largest absolute Gasteiger partial charge is 0.457 e. The van der Waals surface area contributed by atoms with Gasteiger partial charge in [0.05, 0.1) is 28.2 Å². The lowest BCUT2D eigenvalue weighted by molar-refractivity contribution is -0.0976. The van der Waals surface area contributed by atoms with Crippen molar-refractivity contribution in [2.45, 2.75) is 23.3 Å². The van der Waals surface area contributed by atoms with Crippen LogP contribution in [0.2, 0.25) is 0 Å². The van der Waals surface area contributed by atoms with Crippen molar-refractivity contribution in [3.05, 3.63) is 52.6 Å². The summed E-state index contributed by atoms with van der Waals surface area (Å²) in [6, 6.07) is 10.0. The van der Waals surface area contributed by atoms with Crippen LogP contribution in [0.5, 0.6) is 11.5 Å². The number of benzene rings is 2. The van der Waals surface area contributed by atoms with Gasteiger partial charge in [0.15, 0.2) is 9.84 Å². The van der Waals surface area contributed by atoms with E-state index in [4.69, 9.17) is 15.3 Å². The molecule has 0 saturated heterocycles. The van der Waals surface area contributed by atoms with Gasteiger partial charge in [-0.2, -0.15) is 10.5 Å². The van der Waals surface area contributed by atoms with E-state index in [1.165, 1.54) is 24.3 Å². The molecule has 0 saturated carbocycles. The monoisotopic (exact) mass is 390 g/mol. The van der Waals surface area contributed by atoms with Gasteiger partial charge in [0.25, 0.3) is 5.92 Å². The zero-order valence-corrected chi connectivity index (χ0v) is 14.7. The molecule has 1 aliphatic carbocycles. The number of sulfone groups is 1. The zero-order chi connectivity index (χ0) is 20.0. The van der Waals surface area contributed by atoms with Gasteiger partial charge < -0.3 is 9.84 Å². The summed E-state index contributed by atoms with van der Waals surface area (Å²) in [6.07, 6.45) is -2.31. The van der Waals surface area contributed by atoms with Crippen LogP contribution in [0, 0.1) is 22.7 Å². The maximum Gasteiger partial charge on any atom is 0.281 e. The molecule has 0 amide bonds. The van der Waals surface area contributed by atoms with Crippen molar-refractivity contribution in [2.24, 2.45) is 0 Å². The molecule has 1 N–H and O–H groups in total. The Kier molecular flexibility index (Phi) is 4.38. The van der Waals surface area contributed by atoms with E-state index in [-0.39, 0.29) is 28.2 Å². The maximum atomic E-state index is 14.1. The van der Waals surface area contributed by atoms with Crippen LogP contribution in [-0.2, 0) is 16.3 Å². The fourth-order valence-electron chi connectivity index (χ4n) is 2.98. The van der Waals surface area contributed by atoms with Crippen LogP contribution in [0.25, 0.3) is 0 Å². The summed E-state index contributed by atoms with van der Waals surface area (Å²) in [6.45, 7) is 0. The van der Waals surface area contributed by atoms with Crippen LogP contribution >= 0.6 is 0 Å². The van der Waals surface area contributed by atoms with Crippen molar-refractivity contribution < 1.29 is 27.0 Å². The molecule has 1 atom stereocenters. The minimum Gasteiger partial charge on any atom is -0.457 e. The number of fused-ring (bicyclic) bond motifs is 1. The first-order valence-electron chi connectivity index (χ1n) is 7.61. The molecule has 27 heavy (non-hydrogen) atoms. The van der Waals surface area contributed by atoms with Gasteiger partial charge in [-0.15, -0.1) is 0 Å². The van der Waals surface area contributed by atoms with Crippen molar-refractivity contribution in [1.29, 1.82) is 10.5 Å². The number of hydrogen-bond donors (Lipinski definition) is 1. The van der Waals surface area contributed by atoms with Crippen LogP contribution in [0.4, 0.5) is 8.78 Å². The molecule has 0 fully saturated rings. The molecule has 0 bridgehead atoms. The Morgan fingerprint density at radius 2 is 1.78 bits per heavy atom. The first-order valence-corrected chi connectivity index (χ1v) is 9.51. The summed E-state index contributed by atoms with van der Waals surface area (Å²) in [7, 11) is -3.86. The van der Waals surface area contributed by atoms with Gasteiger partial charge >= 0.3 is 0 Å². The van der Waals surface area contributed by atoms with E-state index in [1.54, 1.807) is 0 Å². The van der Waals surface area contributed by atoms with E-state index in [0.29, 0.717) is 0 Å². The highest BCUT2D eigenvalue weighted by molar-refractivity contribution is 7.90. The lowest BCUT2D eigenvalue weighted by Gasteiger charge is -2.15. The molecule has 0 heterocycles. The summed E-state index contributed by atoms with van der Waals surface area (Å²) in [5.74, 6) is -3.56. The van der Waals surface area contributed by atoms with E-state index in [1.807, 2.05) is 12.1 Å². The topological polar surface area (TPSA) is 111 Å². The molecule has 1 aliphatic rings. The van der Waals surface area contributed by atoms with Crippen molar-refractivity contribution in [2.75, 3.05) is 6.26 Å². The van der Waals surface area contributed by atoms with Crippen molar-refractivity contribution in [1.82, 2.24) is 0 Å². The second kappa shape index (κ2) is 6.31. The van der Waals surface area contributed by atoms with Crippen LogP contribution in [0.3, 0.4) is 0 Å². The smallest absolute Gasteiger partial charge is 0.281 e. The van der Waals surface area contributed by atoms with Gasteiger partial charge in [-0.1, -0.05) is 0 Å². The number of hydrogen-bond acceptors (Lipinski definition) is 6. The molecule has 0 radical (unpaired) electrons. The highest BCUT2D eigenvalue weighted by atomic mass is 32.2. The molecule has 2 aromatic carbocycles. The third kappa shape index (κ3) is 3.35. The van der Waals surface area contributed by atoms with Gasteiger partial charge in [-0.05, 0) is 30.3 Å². The number of ether oxygens (including phenoxy) is 1. The minimum absolute atomic E-state index is 0.0598. The predicted octanol–water partition coefficient (Wildman–Crippen LogP) is 2.85. The number of aliphatic hydroxyl groups is 1. The molecule has 0 unspecified atom stereocenters. The van der Waals surface area contributed by atoms with E-state index in [9.17, 15) is 22.3 Å². The molecular formula is C18H12F2N2O4S. The maximum absolute atomic E-state index is 14.1. The number of alkyl halides is 2. The molecule has 0 aromatic heterocycles. The van der Waals surface area contributed by atoms with Gasteiger partial charge in [0, 0.05) is 23.8 Å². The third-order valence-corrected chi connectivity index (χ3v) is 5.31. The second-order valence-corrected chi connectivity index (χ2v) is 8.12. The highest BCUT2D eigenvalue weighted by Crippen LogP contribution is 2.49. The van der Waals surface area contributed by atoms with Crippen LogP contribution in [-0.4, -0.2) is 25.7 Å². The standard InChI is InChI=1S/C18H12F2N2O4S/c1-27(24,25)15-3-2-14(13-7-18(19,20)17(23)16(13)15)26-12-5-10(8-21)4-11(6-12)9-22/h2-6,17,23H,7H2,1H3/t17-/m1/s1. The Labute approximate surface area is 153 Å². The SMILES string of the molecule is CS(=O)(=O)c1ccc(Oc2cc(C#N)cc(C#N)c2)c2c1[C@@H](O)C(F)(F)C2. The minimum atomic E-state index is -3.86. The average molecular weight is 390 g/mol. The van der Waals surface area contributed by atoms with E-state index in [0.717, 1.165) is 12.3 Å². The second-order valence-electron chi connectivity index (χ2n) is 6.14. The molecule has 6 nitrogen and oxygen atoms in total. The molecule has 3 rings (SSSR count). The molecule has 2 aromatic rings. The lowest BCUT2D eigenvalue weighted by atomic mass is 10.1. The number of aliphatic hydroxyl groups excluding tert-OH is 1. The number of nitrogens with zero attached hydrogens (tertiary/aromatic N) is 2. The summed E-state index contributed by atoms with van der Waals surface area (Å²) in [5, 5.41) is 28.0. The summed E-state index contributed by atoms with van der Waals surface area (Å²) < 4.78 is 57.5. The third-order valence-electron chi connectivity index (χ3n) is 4.15. The number of halogens is 2. The van der Waals surface area contributed by atoms with Gasteiger partial charge in [0.1, 0.15) is 17.6 Å². The quantitative estimate of drug-likeness (QED) is 0.863. The van der Waals surface area contributed by atoms with Crippen molar-refractivity contribution >= 4 is 9.84 Å². The van der Waals surface area contributed by atoms with E-state index < -0.39 is 38.7 Å². The van der Waals surface area contributed by atoms with Crippen LogP contribution in [0.15, 0.2) is 35.2 Å². The normalized spacial score (nSPS) is 17.6. The Bertz CT molecular complexity index is 1100. The first kappa shape index (κ1) is 18.8. The van der Waals surface area contributed by atoms with Crippen LogP contribution in [0.1, 0.15) is 28.4 Å². The fraction of sp³-hybridized carbons (Fsp3) is 0.222. The Morgan fingerprint density at radius 1 is 1.19 bits per heavy atom. The summed E-state index contributed by atoms with van der Waals surface area (Å²) >= 11 is 0. The predicted molar refractivity (Wildman–Crippen MR) is 89.1 cm³/mol. The summed E-state index contributed by atoms with van der Waals surface area (Å²) in [4.78, 5) is -0.391. The zero-order valence-electron chi connectivity index (χ0n) is 13.9. The van der Waals surface area contributed by atoms with Crippen LogP contribution < -0.4 is 4.74 Å². The molecule has 9 heteroatoms. The van der Waals surface area contributed by atoms with Gasteiger partial charge in [-0.3, -0.25) is 0 Å². The van der Waals surface area contributed by atoms with Gasteiger partial charge in [0.2, 0.25) is 0 Å². The Morgan fingerprint density at radius 3 is 2.30 bits per heavy atom. The number of rotatable bonds is 3. The fourth-order valence-corrected chi connectivity index (χ4v) is 3.93. The van der Waals surface area contributed by atoms with Gasteiger partial charge in [-0.25, -0.2) is 17.2 Å². The molecule has 138 valence electrons. The first-order chi connectivity index (χ1) is 12.6. The van der Waals surface area contributed by atoms with E-state index in [2.05, 4.69) is 0 Å².